The van der Waals surface area contributed by atoms with Crippen molar-refractivity contribution in [1.82, 2.24) is 4.98 Å². The highest BCUT2D eigenvalue weighted by Crippen LogP contribution is 2.45. The van der Waals surface area contributed by atoms with Gasteiger partial charge >= 0.3 is 5.91 Å². The van der Waals surface area contributed by atoms with Crippen molar-refractivity contribution in [1.29, 1.82) is 0 Å². The summed E-state index contributed by atoms with van der Waals surface area (Å²) >= 11 is 1.30. The summed E-state index contributed by atoms with van der Waals surface area (Å²) in [4.78, 5) is 33.1. The molecule has 194 valence electrons. The predicted octanol–water partition coefficient (Wildman–Crippen LogP) is 6.45. The molecule has 1 aliphatic heterocycles. The molecule has 7 nitrogen and oxygen atoms in total. The fourth-order valence-electron chi connectivity index (χ4n) is 4.57. The van der Waals surface area contributed by atoms with Gasteiger partial charge in [-0.15, -0.1) is 0 Å². The molecule has 2 heterocycles. The van der Waals surface area contributed by atoms with Crippen molar-refractivity contribution in [2.75, 3.05) is 18.6 Å². The van der Waals surface area contributed by atoms with Crippen LogP contribution in [0.5, 0.6) is 11.5 Å². The molecule has 8 heteroatoms. The fourth-order valence-corrected chi connectivity index (χ4v) is 5.59. The van der Waals surface area contributed by atoms with E-state index >= 15 is 0 Å². The highest BCUT2D eigenvalue weighted by molar-refractivity contribution is 7.22. The summed E-state index contributed by atoms with van der Waals surface area (Å²) in [6.07, 6.45) is 0. The third-order valence-corrected chi connectivity index (χ3v) is 7.61. The second-order valence-corrected chi connectivity index (χ2v) is 10.3. The molecule has 0 aliphatic carbocycles. The average Bonchev–Trinajstić information content (AvgIpc) is 3.46. The molecule has 0 saturated carbocycles. The largest absolute Gasteiger partial charge is 0.507 e. The minimum absolute atomic E-state index is 0.0201. The topological polar surface area (TPSA) is 89.0 Å². The van der Waals surface area contributed by atoms with Gasteiger partial charge in [-0.1, -0.05) is 49.4 Å². The van der Waals surface area contributed by atoms with E-state index in [1.54, 1.807) is 31.4 Å². The van der Waals surface area contributed by atoms with Crippen molar-refractivity contribution in [2.45, 2.75) is 32.7 Å². The zero-order valence-corrected chi connectivity index (χ0v) is 22.4. The van der Waals surface area contributed by atoms with Crippen molar-refractivity contribution in [2.24, 2.45) is 0 Å². The molecule has 1 amide bonds. The zero-order valence-electron chi connectivity index (χ0n) is 21.6. The Labute approximate surface area is 225 Å². The number of aromatic nitrogens is 1. The van der Waals surface area contributed by atoms with Gasteiger partial charge in [0.05, 0.1) is 35.5 Å². The van der Waals surface area contributed by atoms with E-state index in [4.69, 9.17) is 9.47 Å². The van der Waals surface area contributed by atoms with Gasteiger partial charge in [-0.2, -0.15) is 0 Å². The number of hydrogen-bond acceptors (Lipinski definition) is 7. The van der Waals surface area contributed by atoms with E-state index in [1.807, 2.05) is 49.4 Å². The number of hydrogen-bond donors (Lipinski definition) is 1. The van der Waals surface area contributed by atoms with Gasteiger partial charge < -0.3 is 14.6 Å². The van der Waals surface area contributed by atoms with Crippen LogP contribution >= 0.6 is 11.3 Å². The van der Waals surface area contributed by atoms with Gasteiger partial charge in [0.1, 0.15) is 17.3 Å². The Morgan fingerprint density at radius 3 is 2.34 bits per heavy atom. The first kappa shape index (κ1) is 25.5. The van der Waals surface area contributed by atoms with Gasteiger partial charge in [-0.3, -0.25) is 14.5 Å². The van der Waals surface area contributed by atoms with Gasteiger partial charge in [0, 0.05) is 5.56 Å². The number of fused-ring (bicyclic) bond motifs is 1. The number of Topliss-reactive ketones (excluding diaryl/α,β-unsaturated/α-hetero) is 1. The van der Waals surface area contributed by atoms with Crippen LogP contribution in [-0.2, 0) is 9.59 Å². The molecule has 0 radical (unpaired) electrons. The fraction of sp³-hybridized carbons (Fsp3) is 0.233. The average molecular weight is 529 g/mol. The van der Waals surface area contributed by atoms with Gasteiger partial charge in [0.15, 0.2) is 5.13 Å². The van der Waals surface area contributed by atoms with Crippen LogP contribution in [0, 0.1) is 0 Å². The van der Waals surface area contributed by atoms with Crippen LogP contribution in [0.1, 0.15) is 49.4 Å². The summed E-state index contributed by atoms with van der Waals surface area (Å²) in [5, 5.41) is 11.7. The lowest BCUT2D eigenvalue weighted by atomic mass is 9.93. The van der Waals surface area contributed by atoms with Crippen LogP contribution in [0.4, 0.5) is 5.13 Å². The number of nitrogens with zero attached hydrogens (tertiary/aromatic N) is 2. The van der Waals surface area contributed by atoms with Crippen LogP contribution in [-0.4, -0.2) is 35.5 Å². The predicted molar refractivity (Wildman–Crippen MR) is 149 cm³/mol. The maximum atomic E-state index is 13.5. The zero-order chi connectivity index (χ0) is 27.0. The van der Waals surface area contributed by atoms with Gasteiger partial charge in [0.2, 0.25) is 0 Å². The molecule has 1 atom stereocenters. The Morgan fingerprint density at radius 1 is 1.03 bits per heavy atom. The Kier molecular flexibility index (Phi) is 6.91. The van der Waals surface area contributed by atoms with E-state index in [1.165, 1.54) is 16.2 Å². The van der Waals surface area contributed by atoms with E-state index in [0.29, 0.717) is 45.8 Å². The number of ether oxygens (including phenoxy) is 2. The van der Waals surface area contributed by atoms with E-state index in [-0.39, 0.29) is 11.3 Å². The molecule has 5 rings (SSSR count). The number of aliphatic hydroxyl groups excluding tert-OH is 1. The summed E-state index contributed by atoms with van der Waals surface area (Å²) < 4.78 is 11.7. The third-order valence-electron chi connectivity index (χ3n) is 6.59. The summed E-state index contributed by atoms with van der Waals surface area (Å²) in [5.41, 5.74) is 2.96. The van der Waals surface area contributed by atoms with Gasteiger partial charge in [-0.25, -0.2) is 4.98 Å². The normalized spacial score (nSPS) is 17.0. The van der Waals surface area contributed by atoms with E-state index in [2.05, 4.69) is 18.8 Å². The van der Waals surface area contributed by atoms with Crippen LogP contribution in [0.15, 0.2) is 72.3 Å². The Morgan fingerprint density at radius 2 is 1.71 bits per heavy atom. The molecule has 0 bridgehead atoms. The third kappa shape index (κ3) is 4.52. The number of benzene rings is 3. The maximum Gasteiger partial charge on any atom is 0.301 e. The van der Waals surface area contributed by atoms with Crippen molar-refractivity contribution < 1.29 is 24.2 Å². The van der Waals surface area contributed by atoms with E-state index in [9.17, 15) is 14.7 Å². The van der Waals surface area contributed by atoms with Crippen LogP contribution < -0.4 is 14.4 Å². The van der Waals surface area contributed by atoms with Gasteiger partial charge in [-0.05, 0) is 66.4 Å². The van der Waals surface area contributed by atoms with Crippen molar-refractivity contribution in [3.63, 3.8) is 0 Å². The summed E-state index contributed by atoms with van der Waals surface area (Å²) in [5.74, 6) is -0.0985. The number of methoxy groups -OCH3 is 1. The number of ketones is 1. The molecule has 4 aromatic rings. The molecular weight excluding hydrogens is 500 g/mol. The number of thiazole rings is 1. The highest BCUT2D eigenvalue weighted by Gasteiger charge is 2.48. The molecule has 1 saturated heterocycles. The molecule has 38 heavy (non-hydrogen) atoms. The van der Waals surface area contributed by atoms with Crippen molar-refractivity contribution >= 4 is 44.1 Å². The number of rotatable bonds is 7. The van der Waals surface area contributed by atoms with E-state index < -0.39 is 17.7 Å². The minimum Gasteiger partial charge on any atom is -0.507 e. The standard InChI is InChI=1S/C30H28N2O5S/c1-5-37-22-14-15-23-24(16-22)38-30(31-23)32-26(19-8-6-18(7-9-19)17(2)3)25(28(34)29(32)35)27(33)20-10-12-21(36-4)13-11-20/h6-17,26,33H,5H2,1-4H3/b27-25+/t26-/m0/s1. The Bertz CT molecular complexity index is 1540. The number of aliphatic hydroxyl groups is 1. The first-order valence-electron chi connectivity index (χ1n) is 12.4. The SMILES string of the molecule is CCOc1ccc2nc(N3C(=O)C(=O)/C(=C(/O)c4ccc(OC)cc4)[C@@H]3c3ccc(C(C)C)cc3)sc2c1. The molecule has 1 fully saturated rings. The lowest BCUT2D eigenvalue weighted by Gasteiger charge is -2.23. The Hall–Kier alpha value is -4.17. The van der Waals surface area contributed by atoms with Crippen LogP contribution in [0.25, 0.3) is 16.0 Å². The first-order chi connectivity index (χ1) is 18.3. The second-order valence-electron chi connectivity index (χ2n) is 9.28. The molecule has 1 aliphatic rings. The molecule has 0 unspecified atom stereocenters. The minimum atomic E-state index is -0.842. The summed E-state index contributed by atoms with van der Waals surface area (Å²) in [7, 11) is 1.55. The monoisotopic (exact) mass is 528 g/mol. The number of anilines is 1. The van der Waals surface area contributed by atoms with Crippen molar-refractivity contribution in [3.05, 3.63) is 89.0 Å². The van der Waals surface area contributed by atoms with E-state index in [0.717, 1.165) is 10.3 Å². The van der Waals surface area contributed by atoms with Crippen LogP contribution in [0.2, 0.25) is 0 Å². The summed E-state index contributed by atoms with van der Waals surface area (Å²) in [6.45, 7) is 6.64. The molecule has 1 aromatic heterocycles. The van der Waals surface area contributed by atoms with Gasteiger partial charge in [0.25, 0.3) is 5.78 Å². The summed E-state index contributed by atoms with van der Waals surface area (Å²) in [6, 6.07) is 19.2. The molecule has 1 N–H and O–H groups in total. The molecular formula is C30H28N2O5S. The lowest BCUT2D eigenvalue weighted by Crippen LogP contribution is -2.29. The molecule has 3 aromatic carbocycles. The Balaban J connectivity index is 1.67. The first-order valence-corrected chi connectivity index (χ1v) is 13.2. The maximum absolute atomic E-state index is 13.5. The highest BCUT2D eigenvalue weighted by atomic mass is 32.1. The van der Waals surface area contributed by atoms with Crippen LogP contribution in [0.3, 0.4) is 0 Å². The quantitative estimate of drug-likeness (QED) is 0.168. The van der Waals surface area contributed by atoms with Crippen molar-refractivity contribution in [3.8, 4) is 11.5 Å². The number of amides is 1. The smallest absolute Gasteiger partial charge is 0.301 e. The lowest BCUT2D eigenvalue weighted by molar-refractivity contribution is -0.132. The second kappa shape index (κ2) is 10.3. The number of carbonyl (C=O) groups is 2. The number of carbonyl (C=O) groups excluding carboxylic acids is 2. The molecule has 0 spiro atoms.